The zero-order chi connectivity index (χ0) is 12.4. The van der Waals surface area contributed by atoms with Gasteiger partial charge in [0.25, 0.3) is 0 Å². The van der Waals surface area contributed by atoms with E-state index < -0.39 is 0 Å². The predicted octanol–water partition coefficient (Wildman–Crippen LogP) is 5.26. The molecule has 1 aliphatic carbocycles. The van der Waals surface area contributed by atoms with Crippen molar-refractivity contribution in [1.29, 1.82) is 0 Å². The van der Waals surface area contributed by atoms with Gasteiger partial charge in [0.1, 0.15) is 0 Å². The van der Waals surface area contributed by atoms with Gasteiger partial charge in [-0.25, -0.2) is 0 Å². The van der Waals surface area contributed by atoms with Crippen molar-refractivity contribution in [1.82, 2.24) is 0 Å². The van der Waals surface area contributed by atoms with Crippen molar-refractivity contribution in [2.24, 2.45) is 11.8 Å². The number of hydrogen-bond acceptors (Lipinski definition) is 0. The Labute approximate surface area is 106 Å². The number of rotatable bonds is 4. The smallest absolute Gasteiger partial charge is 0.00324 e. The maximum Gasteiger partial charge on any atom is 0.00324 e. The van der Waals surface area contributed by atoms with E-state index in [1.54, 1.807) is 11.1 Å². The van der Waals surface area contributed by atoms with E-state index in [2.05, 4.69) is 58.0 Å². The lowest BCUT2D eigenvalue weighted by molar-refractivity contribution is 0.553. The van der Waals surface area contributed by atoms with Crippen molar-refractivity contribution in [3.63, 3.8) is 0 Å². The van der Waals surface area contributed by atoms with Crippen LogP contribution in [0.15, 0.2) is 30.3 Å². The number of fused-ring (bicyclic) bond motifs is 1. The summed E-state index contributed by atoms with van der Waals surface area (Å²) in [7, 11) is 0. The zero-order valence-corrected chi connectivity index (χ0v) is 11.5. The van der Waals surface area contributed by atoms with Crippen LogP contribution in [0.1, 0.15) is 57.6 Å². The van der Waals surface area contributed by atoms with E-state index in [9.17, 15) is 0 Å². The van der Waals surface area contributed by atoms with E-state index in [1.165, 1.54) is 18.4 Å². The van der Waals surface area contributed by atoms with Gasteiger partial charge in [-0.3, -0.25) is 0 Å². The minimum Gasteiger partial charge on any atom is -0.0731 e. The molecule has 1 unspecified atom stereocenters. The summed E-state index contributed by atoms with van der Waals surface area (Å²) in [6.45, 7) is 9.24. The first kappa shape index (κ1) is 12.4. The van der Waals surface area contributed by atoms with Crippen LogP contribution in [0, 0.1) is 11.8 Å². The van der Waals surface area contributed by atoms with Gasteiger partial charge in [-0.15, -0.1) is 0 Å². The van der Waals surface area contributed by atoms with Crippen LogP contribution in [0.3, 0.4) is 0 Å². The van der Waals surface area contributed by atoms with Gasteiger partial charge in [-0.1, -0.05) is 58.0 Å². The van der Waals surface area contributed by atoms with Gasteiger partial charge in [0.2, 0.25) is 0 Å². The quantitative estimate of drug-likeness (QED) is 0.659. The Hall–Kier alpha value is -1.04. The second-order valence-corrected chi connectivity index (χ2v) is 6.11. The Kier molecular flexibility index (Phi) is 3.71. The molecule has 1 atom stereocenters. The van der Waals surface area contributed by atoms with Crippen LogP contribution in [0.25, 0.3) is 5.57 Å². The highest BCUT2D eigenvalue weighted by Gasteiger charge is 2.23. The van der Waals surface area contributed by atoms with Crippen molar-refractivity contribution in [3.05, 3.63) is 41.5 Å². The summed E-state index contributed by atoms with van der Waals surface area (Å²) >= 11 is 0. The molecule has 1 aromatic rings. The monoisotopic (exact) mass is 228 g/mol. The van der Waals surface area contributed by atoms with E-state index in [0.717, 1.165) is 11.8 Å². The molecule has 0 N–H and O–H groups in total. The molecule has 0 fully saturated rings. The lowest BCUT2D eigenvalue weighted by atomic mass is 9.92. The highest BCUT2D eigenvalue weighted by Crippen LogP contribution is 2.41. The van der Waals surface area contributed by atoms with Crippen LogP contribution in [0.5, 0.6) is 0 Å². The largest absolute Gasteiger partial charge is 0.0731 e. The maximum atomic E-state index is 2.52. The summed E-state index contributed by atoms with van der Waals surface area (Å²) in [6, 6.07) is 8.96. The first-order valence-corrected chi connectivity index (χ1v) is 6.88. The Morgan fingerprint density at radius 3 is 2.35 bits per heavy atom. The predicted molar refractivity (Wildman–Crippen MR) is 76.1 cm³/mol. The molecule has 0 aromatic heterocycles. The molecule has 0 heterocycles. The van der Waals surface area contributed by atoms with Crippen LogP contribution in [0.4, 0.5) is 0 Å². The molecule has 92 valence electrons. The van der Waals surface area contributed by atoms with E-state index in [1.807, 2.05) is 0 Å². The third kappa shape index (κ3) is 2.80. The average Bonchev–Trinajstić information content (AvgIpc) is 2.56. The molecular formula is C17H24. The van der Waals surface area contributed by atoms with Gasteiger partial charge < -0.3 is 0 Å². The normalized spacial score (nSPS) is 18.7. The zero-order valence-electron chi connectivity index (χ0n) is 11.5. The van der Waals surface area contributed by atoms with Crippen molar-refractivity contribution < 1.29 is 0 Å². The van der Waals surface area contributed by atoms with Crippen LogP contribution in [0.2, 0.25) is 0 Å². The lowest BCUT2D eigenvalue weighted by Gasteiger charge is -2.12. The second kappa shape index (κ2) is 5.08. The first-order chi connectivity index (χ1) is 8.08. The fourth-order valence-electron chi connectivity index (χ4n) is 2.86. The summed E-state index contributed by atoms with van der Waals surface area (Å²) in [4.78, 5) is 0. The minimum atomic E-state index is 0.653. The van der Waals surface area contributed by atoms with Crippen molar-refractivity contribution in [2.75, 3.05) is 0 Å². The number of allylic oxidation sites excluding steroid dienone is 2. The van der Waals surface area contributed by atoms with Gasteiger partial charge in [0.15, 0.2) is 0 Å². The summed E-state index contributed by atoms with van der Waals surface area (Å²) in [5.41, 5.74) is 4.63. The van der Waals surface area contributed by atoms with E-state index >= 15 is 0 Å². The molecule has 2 rings (SSSR count). The Balaban J connectivity index is 2.28. The molecular weight excluding hydrogens is 204 g/mol. The molecule has 0 heteroatoms. The first-order valence-electron chi connectivity index (χ1n) is 6.88. The molecule has 0 radical (unpaired) electrons. The average molecular weight is 228 g/mol. The van der Waals surface area contributed by atoms with Crippen LogP contribution in [-0.4, -0.2) is 0 Å². The molecule has 1 aliphatic rings. The molecule has 0 saturated carbocycles. The molecule has 0 saturated heterocycles. The molecule has 0 spiro atoms. The highest BCUT2D eigenvalue weighted by molar-refractivity contribution is 5.74. The summed E-state index contributed by atoms with van der Waals surface area (Å²) in [5, 5.41) is 0. The van der Waals surface area contributed by atoms with Crippen molar-refractivity contribution in [3.8, 4) is 0 Å². The Morgan fingerprint density at radius 1 is 1.00 bits per heavy atom. The number of hydrogen-bond donors (Lipinski definition) is 0. The fraction of sp³-hybridized carbons (Fsp3) is 0.529. The van der Waals surface area contributed by atoms with Crippen LogP contribution < -0.4 is 0 Å². The summed E-state index contributed by atoms with van der Waals surface area (Å²) < 4.78 is 0. The molecule has 1 aromatic carbocycles. The van der Waals surface area contributed by atoms with Gasteiger partial charge in [-0.05, 0) is 41.4 Å². The van der Waals surface area contributed by atoms with Gasteiger partial charge in [0, 0.05) is 5.92 Å². The maximum absolute atomic E-state index is 2.52. The van der Waals surface area contributed by atoms with Gasteiger partial charge in [-0.2, -0.15) is 0 Å². The van der Waals surface area contributed by atoms with Crippen molar-refractivity contribution in [2.45, 2.75) is 46.5 Å². The SMILES string of the molecule is CC(C)CC1=CC(CC(C)C)c2ccccc21. The molecule has 0 aliphatic heterocycles. The van der Waals surface area contributed by atoms with E-state index in [0.29, 0.717) is 5.92 Å². The van der Waals surface area contributed by atoms with E-state index in [4.69, 9.17) is 0 Å². The summed E-state index contributed by atoms with van der Waals surface area (Å²) in [5.74, 6) is 2.16. The highest BCUT2D eigenvalue weighted by atomic mass is 14.3. The molecule has 0 amide bonds. The Morgan fingerprint density at radius 2 is 1.71 bits per heavy atom. The number of benzene rings is 1. The molecule has 17 heavy (non-hydrogen) atoms. The topological polar surface area (TPSA) is 0 Å². The summed E-state index contributed by atoms with van der Waals surface area (Å²) in [6.07, 6.45) is 5.01. The van der Waals surface area contributed by atoms with Crippen molar-refractivity contribution >= 4 is 5.57 Å². The van der Waals surface area contributed by atoms with Gasteiger partial charge in [0.05, 0.1) is 0 Å². The lowest BCUT2D eigenvalue weighted by Crippen LogP contribution is -1.98. The van der Waals surface area contributed by atoms with Crippen LogP contribution >= 0.6 is 0 Å². The van der Waals surface area contributed by atoms with E-state index in [-0.39, 0.29) is 0 Å². The van der Waals surface area contributed by atoms with Gasteiger partial charge >= 0.3 is 0 Å². The fourth-order valence-corrected chi connectivity index (χ4v) is 2.86. The Bertz CT molecular complexity index is 410. The third-order valence-electron chi connectivity index (χ3n) is 3.46. The second-order valence-electron chi connectivity index (χ2n) is 6.11. The third-order valence-corrected chi connectivity index (χ3v) is 3.46. The standard InChI is InChI=1S/C17H24/c1-12(2)9-14-11-15(10-13(3)4)17-8-6-5-7-16(14)17/h5-8,11-14H,9-10H2,1-4H3. The van der Waals surface area contributed by atoms with Crippen LogP contribution in [-0.2, 0) is 0 Å². The molecule has 0 nitrogen and oxygen atoms in total. The minimum absolute atomic E-state index is 0.653. The molecule has 0 bridgehead atoms.